The van der Waals surface area contributed by atoms with E-state index in [4.69, 9.17) is 16.3 Å². The summed E-state index contributed by atoms with van der Waals surface area (Å²) < 4.78 is 18.5. The number of nitrogens with zero attached hydrogens (tertiary/aromatic N) is 2. The minimum Gasteiger partial charge on any atom is -0.385 e. The minimum absolute atomic E-state index is 0.105. The van der Waals surface area contributed by atoms with Gasteiger partial charge in [-0.1, -0.05) is 23.7 Å². The van der Waals surface area contributed by atoms with Crippen molar-refractivity contribution >= 4 is 17.5 Å². The molecule has 7 heteroatoms. The largest absolute Gasteiger partial charge is 0.385 e. The molecule has 0 fully saturated rings. The van der Waals surface area contributed by atoms with Crippen molar-refractivity contribution in [3.63, 3.8) is 0 Å². The molecule has 2 aromatic carbocycles. The van der Waals surface area contributed by atoms with E-state index in [1.807, 2.05) is 29.2 Å². The predicted molar refractivity (Wildman–Crippen MR) is 105 cm³/mol. The third-order valence-corrected chi connectivity index (χ3v) is 5.17. The summed E-state index contributed by atoms with van der Waals surface area (Å²) in [6, 6.07) is 13.3. The van der Waals surface area contributed by atoms with Crippen molar-refractivity contribution in [1.82, 2.24) is 15.1 Å². The first-order valence-electron chi connectivity index (χ1n) is 8.99. The summed E-state index contributed by atoms with van der Waals surface area (Å²) in [6.45, 7) is 1.11. The average molecular weight is 400 g/mol. The number of aromatic nitrogens is 2. The van der Waals surface area contributed by atoms with Gasteiger partial charge < -0.3 is 9.64 Å². The summed E-state index contributed by atoms with van der Waals surface area (Å²) in [5, 5.41) is 7.88. The Labute approximate surface area is 167 Å². The summed E-state index contributed by atoms with van der Waals surface area (Å²) in [5.41, 5.74) is 3.62. The lowest BCUT2D eigenvalue weighted by atomic mass is 9.96. The molecule has 28 heavy (non-hydrogen) atoms. The molecule has 1 aliphatic rings. The van der Waals surface area contributed by atoms with Gasteiger partial charge in [-0.2, -0.15) is 5.10 Å². The van der Waals surface area contributed by atoms with Crippen LogP contribution in [0.1, 0.15) is 34.1 Å². The highest BCUT2D eigenvalue weighted by molar-refractivity contribution is 6.30. The minimum atomic E-state index is -0.317. The van der Waals surface area contributed by atoms with Crippen LogP contribution in [-0.4, -0.2) is 41.3 Å². The first-order valence-corrected chi connectivity index (χ1v) is 9.37. The number of rotatable bonds is 6. The fraction of sp³-hybridized carbons (Fsp3) is 0.238. The number of hydrogen-bond acceptors (Lipinski definition) is 3. The van der Waals surface area contributed by atoms with Crippen LogP contribution in [0.5, 0.6) is 0 Å². The maximum Gasteiger partial charge on any atom is 0.273 e. The molecule has 0 saturated carbocycles. The zero-order valence-electron chi connectivity index (χ0n) is 15.3. The van der Waals surface area contributed by atoms with Crippen LogP contribution in [0.25, 0.3) is 11.3 Å². The van der Waals surface area contributed by atoms with Gasteiger partial charge >= 0.3 is 0 Å². The summed E-state index contributed by atoms with van der Waals surface area (Å²) >= 11 is 6.06. The third kappa shape index (κ3) is 3.30. The quantitative estimate of drug-likeness (QED) is 0.623. The van der Waals surface area contributed by atoms with Gasteiger partial charge in [-0.05, 0) is 48.4 Å². The number of H-pyrrole nitrogens is 1. The highest BCUT2D eigenvalue weighted by Gasteiger charge is 2.41. The molecule has 144 valence electrons. The number of benzene rings is 2. The number of hydrogen-bond donors (Lipinski definition) is 1. The van der Waals surface area contributed by atoms with Crippen LogP contribution in [-0.2, 0) is 4.74 Å². The van der Waals surface area contributed by atoms with Gasteiger partial charge in [0, 0.05) is 36.4 Å². The summed E-state index contributed by atoms with van der Waals surface area (Å²) in [4.78, 5) is 14.9. The van der Waals surface area contributed by atoms with Crippen molar-refractivity contribution < 1.29 is 13.9 Å². The summed E-state index contributed by atoms with van der Waals surface area (Å²) in [5.74, 6) is -0.422. The van der Waals surface area contributed by atoms with Crippen molar-refractivity contribution in [2.24, 2.45) is 0 Å². The standard InChI is InChI=1S/C21H19ClFN3O2/c1-28-12-2-11-26-20(14-3-7-15(22)8-4-14)17-18(24-25-19(17)21(26)27)13-5-9-16(23)10-6-13/h3-10,20H,2,11-12H2,1H3,(H,24,25). The monoisotopic (exact) mass is 399 g/mol. The molecule has 4 rings (SSSR count). The van der Waals surface area contributed by atoms with Gasteiger partial charge in [0.15, 0.2) is 0 Å². The van der Waals surface area contributed by atoms with E-state index in [0.29, 0.717) is 29.6 Å². The molecule has 5 nitrogen and oxygen atoms in total. The van der Waals surface area contributed by atoms with Crippen molar-refractivity contribution in [3.05, 3.63) is 76.2 Å². The first kappa shape index (κ1) is 18.7. The molecule has 1 N–H and O–H groups in total. The molecule has 0 aliphatic carbocycles. The number of nitrogens with one attached hydrogen (secondary N) is 1. The molecule has 0 spiro atoms. The zero-order valence-corrected chi connectivity index (χ0v) is 16.0. The number of halogens is 2. The van der Waals surface area contributed by atoms with Gasteiger partial charge in [-0.25, -0.2) is 4.39 Å². The van der Waals surface area contributed by atoms with Crippen molar-refractivity contribution in [2.75, 3.05) is 20.3 Å². The number of carbonyl (C=O) groups is 1. The van der Waals surface area contributed by atoms with Crippen LogP contribution in [0.4, 0.5) is 4.39 Å². The van der Waals surface area contributed by atoms with E-state index in [1.54, 1.807) is 19.2 Å². The SMILES string of the molecule is COCCCN1C(=O)c2[nH]nc(-c3ccc(F)cc3)c2C1c1ccc(Cl)cc1. The Kier molecular flexibility index (Phi) is 5.15. The highest BCUT2D eigenvalue weighted by Crippen LogP contribution is 2.42. The Balaban J connectivity index is 1.80. The fourth-order valence-electron chi connectivity index (χ4n) is 3.63. The Morgan fingerprint density at radius 3 is 2.57 bits per heavy atom. The normalized spacial score (nSPS) is 15.9. The van der Waals surface area contributed by atoms with Crippen molar-refractivity contribution in [1.29, 1.82) is 0 Å². The zero-order chi connectivity index (χ0) is 19.7. The van der Waals surface area contributed by atoms with Crippen molar-refractivity contribution in [2.45, 2.75) is 12.5 Å². The van der Waals surface area contributed by atoms with Crippen LogP contribution in [0, 0.1) is 5.82 Å². The van der Waals surface area contributed by atoms with E-state index in [9.17, 15) is 9.18 Å². The molecular formula is C21H19ClFN3O2. The van der Waals surface area contributed by atoms with Gasteiger partial charge in [0.25, 0.3) is 5.91 Å². The maximum atomic E-state index is 13.4. The number of aromatic amines is 1. The number of amides is 1. The lowest BCUT2D eigenvalue weighted by Gasteiger charge is -2.26. The van der Waals surface area contributed by atoms with Crippen LogP contribution in [0.3, 0.4) is 0 Å². The predicted octanol–water partition coefficient (Wildman–Crippen LogP) is 4.45. The smallest absolute Gasteiger partial charge is 0.273 e. The maximum absolute atomic E-state index is 13.4. The molecule has 0 radical (unpaired) electrons. The molecule has 0 saturated heterocycles. The highest BCUT2D eigenvalue weighted by atomic mass is 35.5. The summed E-state index contributed by atoms with van der Waals surface area (Å²) in [7, 11) is 1.64. The van der Waals surface area contributed by atoms with Crippen LogP contribution in [0.2, 0.25) is 5.02 Å². The number of carbonyl (C=O) groups excluding carboxylic acids is 1. The number of methoxy groups -OCH3 is 1. The Morgan fingerprint density at radius 1 is 1.18 bits per heavy atom. The second kappa shape index (κ2) is 7.73. The van der Waals surface area contributed by atoms with E-state index in [1.165, 1.54) is 12.1 Å². The molecule has 1 aliphatic heterocycles. The summed E-state index contributed by atoms with van der Waals surface area (Å²) in [6.07, 6.45) is 0.718. The van der Waals surface area contributed by atoms with E-state index in [-0.39, 0.29) is 17.8 Å². The molecule has 1 aromatic heterocycles. The second-order valence-electron chi connectivity index (χ2n) is 6.67. The van der Waals surface area contributed by atoms with Gasteiger partial charge in [0.05, 0.1) is 11.7 Å². The topological polar surface area (TPSA) is 58.2 Å². The van der Waals surface area contributed by atoms with Gasteiger partial charge in [0.1, 0.15) is 11.5 Å². The Morgan fingerprint density at radius 2 is 1.89 bits per heavy atom. The Bertz CT molecular complexity index is 986. The van der Waals surface area contributed by atoms with Crippen molar-refractivity contribution in [3.8, 4) is 11.3 Å². The Hall–Kier alpha value is -2.70. The van der Waals surface area contributed by atoms with E-state index in [2.05, 4.69) is 10.2 Å². The molecule has 2 heterocycles. The van der Waals surface area contributed by atoms with Gasteiger partial charge in [-0.15, -0.1) is 0 Å². The molecule has 3 aromatic rings. The van der Waals surface area contributed by atoms with E-state index < -0.39 is 0 Å². The fourth-order valence-corrected chi connectivity index (χ4v) is 3.75. The molecular weight excluding hydrogens is 381 g/mol. The molecule has 1 atom stereocenters. The van der Waals surface area contributed by atoms with Crippen LogP contribution in [0.15, 0.2) is 48.5 Å². The van der Waals surface area contributed by atoms with E-state index >= 15 is 0 Å². The molecule has 0 bridgehead atoms. The van der Waals surface area contributed by atoms with Crippen LogP contribution < -0.4 is 0 Å². The second-order valence-corrected chi connectivity index (χ2v) is 7.10. The van der Waals surface area contributed by atoms with Gasteiger partial charge in [0.2, 0.25) is 0 Å². The molecule has 1 amide bonds. The van der Waals surface area contributed by atoms with Gasteiger partial charge in [-0.3, -0.25) is 9.89 Å². The lowest BCUT2D eigenvalue weighted by molar-refractivity contribution is 0.0723. The number of ether oxygens (including phenoxy) is 1. The lowest BCUT2D eigenvalue weighted by Crippen LogP contribution is -2.31. The molecule has 1 unspecified atom stereocenters. The third-order valence-electron chi connectivity index (χ3n) is 4.91. The first-order chi connectivity index (χ1) is 13.6. The van der Waals surface area contributed by atoms with E-state index in [0.717, 1.165) is 23.1 Å². The average Bonchev–Trinajstić information content (AvgIpc) is 3.23. The van der Waals surface area contributed by atoms with Crippen LogP contribution >= 0.6 is 11.6 Å². The number of fused-ring (bicyclic) bond motifs is 1.